The number of hydrogen-bond donors (Lipinski definition) is 1. The van der Waals surface area contributed by atoms with E-state index in [1.54, 1.807) is 26.4 Å². The van der Waals surface area contributed by atoms with E-state index in [2.05, 4.69) is 5.32 Å². The molecule has 1 amide bonds. The van der Waals surface area contributed by atoms with Crippen molar-refractivity contribution in [2.45, 2.75) is 26.0 Å². The number of carbonyl (C=O) groups excluding carboxylic acids is 2. The van der Waals surface area contributed by atoms with E-state index in [1.165, 1.54) is 6.92 Å². The van der Waals surface area contributed by atoms with Gasteiger partial charge in [0.15, 0.2) is 0 Å². The zero-order valence-electron chi connectivity index (χ0n) is 15.2. The number of hydrogen-bond acceptors (Lipinski definition) is 5. The first-order valence-corrected chi connectivity index (χ1v) is 8.21. The summed E-state index contributed by atoms with van der Waals surface area (Å²) < 4.78 is 15.6. The second-order valence-corrected chi connectivity index (χ2v) is 5.74. The standard InChI is InChI=1S/C20H23NO5/c1-14(22)21-19(16-7-9-17(24-2)10-8-16)12-20(23)26-13-15-5-4-6-18(11-15)25-3/h4-11,19H,12-13H2,1-3H3,(H,21,22). The molecule has 1 N–H and O–H groups in total. The molecule has 0 saturated carbocycles. The number of nitrogens with one attached hydrogen (secondary N) is 1. The number of ether oxygens (including phenoxy) is 3. The number of benzene rings is 2. The van der Waals surface area contributed by atoms with E-state index in [1.807, 2.05) is 36.4 Å². The average Bonchev–Trinajstić information content (AvgIpc) is 2.65. The number of amides is 1. The second-order valence-electron chi connectivity index (χ2n) is 5.74. The van der Waals surface area contributed by atoms with Gasteiger partial charge in [0.25, 0.3) is 0 Å². The topological polar surface area (TPSA) is 73.9 Å². The highest BCUT2D eigenvalue weighted by atomic mass is 16.5. The molecule has 1 unspecified atom stereocenters. The fraction of sp³-hybridized carbons (Fsp3) is 0.300. The maximum atomic E-state index is 12.2. The summed E-state index contributed by atoms with van der Waals surface area (Å²) in [4.78, 5) is 23.7. The molecule has 0 bridgehead atoms. The molecule has 2 aromatic rings. The van der Waals surface area contributed by atoms with Crippen LogP contribution in [0.5, 0.6) is 11.5 Å². The third kappa shape index (κ3) is 5.81. The van der Waals surface area contributed by atoms with Crippen molar-refractivity contribution in [3.05, 3.63) is 59.7 Å². The lowest BCUT2D eigenvalue weighted by Gasteiger charge is -2.18. The summed E-state index contributed by atoms with van der Waals surface area (Å²) in [6.07, 6.45) is 0.0376. The molecule has 0 fully saturated rings. The first-order valence-electron chi connectivity index (χ1n) is 8.21. The first-order chi connectivity index (χ1) is 12.5. The van der Waals surface area contributed by atoms with Gasteiger partial charge in [-0.05, 0) is 35.4 Å². The Morgan fingerprint density at radius 1 is 1.00 bits per heavy atom. The summed E-state index contributed by atoms with van der Waals surface area (Å²) in [5.41, 5.74) is 1.64. The van der Waals surface area contributed by atoms with E-state index in [9.17, 15) is 9.59 Å². The van der Waals surface area contributed by atoms with E-state index >= 15 is 0 Å². The van der Waals surface area contributed by atoms with Crippen LogP contribution < -0.4 is 14.8 Å². The smallest absolute Gasteiger partial charge is 0.308 e. The fourth-order valence-corrected chi connectivity index (χ4v) is 2.49. The maximum Gasteiger partial charge on any atom is 0.308 e. The molecular formula is C20H23NO5. The molecule has 2 rings (SSSR count). The van der Waals surface area contributed by atoms with Crippen LogP contribution in [-0.2, 0) is 20.9 Å². The maximum absolute atomic E-state index is 12.2. The second kappa shape index (κ2) is 9.46. The van der Waals surface area contributed by atoms with Crippen molar-refractivity contribution in [3.8, 4) is 11.5 Å². The van der Waals surface area contributed by atoms with Crippen LogP contribution in [0.1, 0.15) is 30.5 Å². The average molecular weight is 357 g/mol. The van der Waals surface area contributed by atoms with Gasteiger partial charge < -0.3 is 19.5 Å². The van der Waals surface area contributed by atoms with Crippen LogP contribution >= 0.6 is 0 Å². The molecule has 1 atom stereocenters. The zero-order chi connectivity index (χ0) is 18.9. The van der Waals surface area contributed by atoms with Crippen LogP contribution in [0.15, 0.2) is 48.5 Å². The van der Waals surface area contributed by atoms with E-state index in [4.69, 9.17) is 14.2 Å². The molecule has 2 aromatic carbocycles. The largest absolute Gasteiger partial charge is 0.497 e. The lowest BCUT2D eigenvalue weighted by atomic mass is 10.0. The first kappa shape index (κ1) is 19.3. The van der Waals surface area contributed by atoms with Gasteiger partial charge in [0.2, 0.25) is 5.91 Å². The molecule has 0 saturated heterocycles. The molecule has 6 nitrogen and oxygen atoms in total. The molecule has 0 heterocycles. The number of carbonyl (C=O) groups is 2. The van der Waals surface area contributed by atoms with E-state index < -0.39 is 12.0 Å². The van der Waals surface area contributed by atoms with E-state index in [0.717, 1.165) is 11.1 Å². The Morgan fingerprint density at radius 2 is 1.69 bits per heavy atom. The molecule has 6 heteroatoms. The summed E-state index contributed by atoms with van der Waals surface area (Å²) in [5.74, 6) is 0.789. The van der Waals surface area contributed by atoms with Crippen molar-refractivity contribution in [1.82, 2.24) is 5.32 Å². The minimum Gasteiger partial charge on any atom is -0.497 e. The third-order valence-corrected chi connectivity index (χ3v) is 3.80. The molecule has 0 aliphatic carbocycles. The van der Waals surface area contributed by atoms with E-state index in [-0.39, 0.29) is 18.9 Å². The Morgan fingerprint density at radius 3 is 2.31 bits per heavy atom. The van der Waals surface area contributed by atoms with Crippen LogP contribution in [0.3, 0.4) is 0 Å². The highest BCUT2D eigenvalue weighted by molar-refractivity contribution is 5.76. The Kier molecular flexibility index (Phi) is 7.02. The zero-order valence-corrected chi connectivity index (χ0v) is 15.2. The molecule has 0 radical (unpaired) electrons. The number of rotatable bonds is 8. The minimum atomic E-state index is -0.462. The molecule has 0 aliphatic heterocycles. The quantitative estimate of drug-likeness (QED) is 0.735. The van der Waals surface area contributed by atoms with Crippen molar-refractivity contribution in [1.29, 1.82) is 0 Å². The van der Waals surface area contributed by atoms with Crippen LogP contribution in [0.25, 0.3) is 0 Å². The van der Waals surface area contributed by atoms with Gasteiger partial charge in [-0.25, -0.2) is 0 Å². The van der Waals surface area contributed by atoms with Gasteiger partial charge in [0.05, 0.1) is 26.7 Å². The Labute approximate surface area is 153 Å². The number of methoxy groups -OCH3 is 2. The normalized spacial score (nSPS) is 11.3. The van der Waals surface area contributed by atoms with Gasteiger partial charge in [0.1, 0.15) is 18.1 Å². The molecule has 0 aromatic heterocycles. The third-order valence-electron chi connectivity index (χ3n) is 3.80. The summed E-state index contributed by atoms with van der Waals surface area (Å²) in [7, 11) is 3.16. The lowest BCUT2D eigenvalue weighted by Crippen LogP contribution is -2.28. The monoisotopic (exact) mass is 357 g/mol. The van der Waals surface area contributed by atoms with Gasteiger partial charge in [-0.1, -0.05) is 24.3 Å². The van der Waals surface area contributed by atoms with Gasteiger partial charge in [-0.15, -0.1) is 0 Å². The van der Waals surface area contributed by atoms with E-state index in [0.29, 0.717) is 11.5 Å². The Bertz CT molecular complexity index is 742. The van der Waals surface area contributed by atoms with Crippen LogP contribution in [-0.4, -0.2) is 26.1 Å². The highest BCUT2D eigenvalue weighted by Gasteiger charge is 2.18. The van der Waals surface area contributed by atoms with Crippen molar-refractivity contribution in [2.24, 2.45) is 0 Å². The highest BCUT2D eigenvalue weighted by Crippen LogP contribution is 2.21. The predicted octanol–water partition coefficient (Wildman–Crippen LogP) is 3.01. The van der Waals surface area contributed by atoms with Crippen molar-refractivity contribution in [2.75, 3.05) is 14.2 Å². The SMILES string of the molecule is COc1ccc(C(CC(=O)OCc2cccc(OC)c2)NC(C)=O)cc1. The van der Waals surface area contributed by atoms with Crippen LogP contribution in [0, 0.1) is 0 Å². The van der Waals surface area contributed by atoms with Gasteiger partial charge in [-0.2, -0.15) is 0 Å². The summed E-state index contributed by atoms with van der Waals surface area (Å²) in [5, 5.41) is 2.78. The van der Waals surface area contributed by atoms with Gasteiger partial charge >= 0.3 is 5.97 Å². The van der Waals surface area contributed by atoms with Crippen molar-refractivity contribution in [3.63, 3.8) is 0 Å². The Balaban J connectivity index is 1.99. The Hall–Kier alpha value is -3.02. The summed E-state index contributed by atoms with van der Waals surface area (Å²) in [6.45, 7) is 1.56. The van der Waals surface area contributed by atoms with Crippen LogP contribution in [0.2, 0.25) is 0 Å². The van der Waals surface area contributed by atoms with Gasteiger partial charge in [0, 0.05) is 6.92 Å². The predicted molar refractivity (Wildman–Crippen MR) is 97.0 cm³/mol. The van der Waals surface area contributed by atoms with Crippen molar-refractivity contribution < 1.29 is 23.8 Å². The minimum absolute atomic E-state index is 0.0376. The number of esters is 1. The lowest BCUT2D eigenvalue weighted by molar-refractivity contribution is -0.145. The fourth-order valence-electron chi connectivity index (χ4n) is 2.49. The summed E-state index contributed by atoms with van der Waals surface area (Å²) >= 11 is 0. The van der Waals surface area contributed by atoms with Crippen LogP contribution in [0.4, 0.5) is 0 Å². The van der Waals surface area contributed by atoms with Crippen molar-refractivity contribution >= 4 is 11.9 Å². The summed E-state index contributed by atoms with van der Waals surface area (Å²) in [6, 6.07) is 14.0. The van der Waals surface area contributed by atoms with Gasteiger partial charge in [-0.3, -0.25) is 9.59 Å². The molecule has 0 spiro atoms. The molecule has 26 heavy (non-hydrogen) atoms. The molecule has 138 valence electrons. The molecular weight excluding hydrogens is 334 g/mol. The molecule has 0 aliphatic rings.